The molecule has 0 aromatic heterocycles. The van der Waals surface area contributed by atoms with E-state index < -0.39 is 0 Å². The molecule has 0 aliphatic rings. The fourth-order valence-corrected chi connectivity index (χ4v) is 1.47. The van der Waals surface area contributed by atoms with Gasteiger partial charge in [-0.25, -0.2) is 0 Å². The number of hydrogen-bond donors (Lipinski definition) is 2. The first-order valence-corrected chi connectivity index (χ1v) is 5.28. The molecule has 0 unspecified atom stereocenters. The van der Waals surface area contributed by atoms with Gasteiger partial charge in [-0.15, -0.1) is 0 Å². The summed E-state index contributed by atoms with van der Waals surface area (Å²) in [5, 5.41) is 3.74. The van der Waals surface area contributed by atoms with Crippen LogP contribution in [0.25, 0.3) is 0 Å². The monoisotopic (exact) mass is 244 g/mol. The van der Waals surface area contributed by atoms with Crippen molar-refractivity contribution in [1.82, 2.24) is 0 Å². The Balaban J connectivity index is 2.55. The van der Waals surface area contributed by atoms with Crippen molar-refractivity contribution in [3.63, 3.8) is 0 Å². The molecule has 1 aromatic rings. The van der Waals surface area contributed by atoms with Crippen molar-refractivity contribution >= 4 is 34.5 Å². The number of halogens is 1. The molecule has 5 heteroatoms. The highest BCUT2D eigenvalue weighted by Gasteiger charge is 2.01. The fraction of sp³-hybridized carbons (Fsp3) is 0.300. The van der Waals surface area contributed by atoms with E-state index in [1.165, 1.54) is 0 Å². The van der Waals surface area contributed by atoms with Crippen molar-refractivity contribution in [1.29, 1.82) is 0 Å². The highest BCUT2D eigenvalue weighted by molar-refractivity contribution is 7.80. The molecule has 0 atom stereocenters. The van der Waals surface area contributed by atoms with E-state index in [9.17, 15) is 0 Å². The Kier molecular flexibility index (Phi) is 4.65. The molecule has 15 heavy (non-hydrogen) atoms. The van der Waals surface area contributed by atoms with Gasteiger partial charge >= 0.3 is 0 Å². The SMILES string of the molecule is COc1ccc(NCCC(N)=S)cc1Cl. The summed E-state index contributed by atoms with van der Waals surface area (Å²) in [5.41, 5.74) is 6.31. The first-order chi connectivity index (χ1) is 7.13. The van der Waals surface area contributed by atoms with Crippen LogP contribution >= 0.6 is 23.8 Å². The lowest BCUT2D eigenvalue weighted by atomic mass is 10.3. The number of methoxy groups -OCH3 is 1. The van der Waals surface area contributed by atoms with E-state index in [0.717, 1.165) is 5.69 Å². The van der Waals surface area contributed by atoms with E-state index in [4.69, 9.17) is 34.3 Å². The summed E-state index contributed by atoms with van der Waals surface area (Å²) in [6.45, 7) is 0.706. The molecular formula is C10H13ClN2OS. The highest BCUT2D eigenvalue weighted by atomic mass is 35.5. The van der Waals surface area contributed by atoms with Crippen molar-refractivity contribution in [3.05, 3.63) is 23.2 Å². The average Bonchev–Trinajstić information content (AvgIpc) is 2.17. The Labute approximate surface area is 99.6 Å². The number of ether oxygens (including phenoxy) is 1. The molecule has 1 rings (SSSR count). The van der Waals surface area contributed by atoms with Gasteiger partial charge in [0, 0.05) is 18.7 Å². The van der Waals surface area contributed by atoms with Crippen molar-refractivity contribution in [2.75, 3.05) is 19.0 Å². The van der Waals surface area contributed by atoms with Gasteiger partial charge in [-0.05, 0) is 18.2 Å². The first-order valence-electron chi connectivity index (χ1n) is 4.49. The van der Waals surface area contributed by atoms with Crippen LogP contribution in [0.15, 0.2) is 18.2 Å². The topological polar surface area (TPSA) is 47.3 Å². The van der Waals surface area contributed by atoms with Crippen molar-refractivity contribution in [2.45, 2.75) is 6.42 Å². The third-order valence-electron chi connectivity index (χ3n) is 1.85. The second-order valence-electron chi connectivity index (χ2n) is 2.99. The quantitative estimate of drug-likeness (QED) is 0.781. The molecule has 0 aliphatic carbocycles. The van der Waals surface area contributed by atoms with Gasteiger partial charge in [0.15, 0.2) is 0 Å². The molecule has 0 fully saturated rings. The van der Waals surface area contributed by atoms with E-state index >= 15 is 0 Å². The van der Waals surface area contributed by atoms with Crippen LogP contribution in [0, 0.1) is 0 Å². The van der Waals surface area contributed by atoms with Crippen LogP contribution in [0.3, 0.4) is 0 Å². The van der Waals surface area contributed by atoms with Crippen LogP contribution in [0.5, 0.6) is 5.75 Å². The predicted octanol–water partition coefficient (Wildman–Crippen LogP) is 2.44. The Hall–Kier alpha value is -1.00. The van der Waals surface area contributed by atoms with Gasteiger partial charge < -0.3 is 15.8 Å². The zero-order chi connectivity index (χ0) is 11.3. The second-order valence-corrected chi connectivity index (χ2v) is 3.92. The van der Waals surface area contributed by atoms with E-state index in [2.05, 4.69) is 5.32 Å². The molecule has 0 amide bonds. The standard InChI is InChI=1S/C10H13ClN2OS/c1-14-9-3-2-7(6-8(9)11)13-5-4-10(12)15/h2-3,6,13H,4-5H2,1H3,(H2,12,15). The van der Waals surface area contributed by atoms with Gasteiger partial charge in [0.25, 0.3) is 0 Å². The molecule has 0 aliphatic heterocycles. The Morgan fingerprint density at radius 1 is 1.60 bits per heavy atom. The maximum Gasteiger partial charge on any atom is 0.137 e. The Bertz CT molecular complexity index is 357. The number of rotatable bonds is 5. The van der Waals surface area contributed by atoms with Crippen LogP contribution < -0.4 is 15.8 Å². The molecule has 0 radical (unpaired) electrons. The normalized spacial score (nSPS) is 9.73. The number of benzene rings is 1. The minimum atomic E-state index is 0.502. The molecule has 1 aromatic carbocycles. The largest absolute Gasteiger partial charge is 0.495 e. The van der Waals surface area contributed by atoms with Gasteiger partial charge in [0.2, 0.25) is 0 Å². The smallest absolute Gasteiger partial charge is 0.137 e. The highest BCUT2D eigenvalue weighted by Crippen LogP contribution is 2.26. The molecule has 3 N–H and O–H groups in total. The van der Waals surface area contributed by atoms with E-state index in [1.807, 2.05) is 12.1 Å². The summed E-state index contributed by atoms with van der Waals surface area (Å²) in [5.74, 6) is 0.663. The van der Waals surface area contributed by atoms with Crippen LogP contribution in [0.1, 0.15) is 6.42 Å². The van der Waals surface area contributed by atoms with E-state index in [-0.39, 0.29) is 0 Å². The lowest BCUT2D eigenvalue weighted by Gasteiger charge is -2.08. The third kappa shape index (κ3) is 3.93. The fourth-order valence-electron chi connectivity index (χ4n) is 1.11. The summed E-state index contributed by atoms with van der Waals surface area (Å²) >= 11 is 10.7. The molecule has 0 saturated carbocycles. The van der Waals surface area contributed by atoms with E-state index in [0.29, 0.717) is 28.7 Å². The summed E-state index contributed by atoms with van der Waals surface area (Å²) in [7, 11) is 1.58. The Morgan fingerprint density at radius 2 is 2.33 bits per heavy atom. The molecule has 0 spiro atoms. The van der Waals surface area contributed by atoms with Gasteiger partial charge in [-0.2, -0.15) is 0 Å². The maximum absolute atomic E-state index is 5.96. The van der Waals surface area contributed by atoms with Crippen molar-refractivity contribution in [3.8, 4) is 5.75 Å². The van der Waals surface area contributed by atoms with E-state index in [1.54, 1.807) is 13.2 Å². The van der Waals surface area contributed by atoms with Crippen LogP contribution in [0.4, 0.5) is 5.69 Å². The van der Waals surface area contributed by atoms with Crippen LogP contribution in [-0.2, 0) is 0 Å². The van der Waals surface area contributed by atoms with Gasteiger partial charge in [-0.1, -0.05) is 23.8 Å². The zero-order valence-corrected chi connectivity index (χ0v) is 9.99. The summed E-state index contributed by atoms with van der Waals surface area (Å²) in [4.78, 5) is 0.502. The first kappa shape index (κ1) is 12.1. The van der Waals surface area contributed by atoms with Crippen molar-refractivity contribution < 1.29 is 4.74 Å². The zero-order valence-electron chi connectivity index (χ0n) is 8.42. The number of nitrogens with two attached hydrogens (primary N) is 1. The maximum atomic E-state index is 5.96. The number of nitrogens with one attached hydrogen (secondary N) is 1. The molecule has 3 nitrogen and oxygen atoms in total. The lowest BCUT2D eigenvalue weighted by Crippen LogP contribution is -2.13. The average molecular weight is 245 g/mol. The molecule has 0 saturated heterocycles. The summed E-state index contributed by atoms with van der Waals surface area (Å²) < 4.78 is 5.04. The minimum Gasteiger partial charge on any atom is -0.495 e. The molecule has 0 heterocycles. The molecular weight excluding hydrogens is 232 g/mol. The lowest BCUT2D eigenvalue weighted by molar-refractivity contribution is 0.415. The Morgan fingerprint density at radius 3 is 2.87 bits per heavy atom. The van der Waals surface area contributed by atoms with Crippen LogP contribution in [0.2, 0.25) is 5.02 Å². The minimum absolute atomic E-state index is 0.502. The van der Waals surface area contributed by atoms with Crippen LogP contribution in [-0.4, -0.2) is 18.6 Å². The summed E-state index contributed by atoms with van der Waals surface area (Å²) in [6, 6.07) is 5.51. The number of thiocarbonyl (C=S) groups is 1. The molecule has 0 bridgehead atoms. The van der Waals surface area contributed by atoms with Gasteiger partial charge in [-0.3, -0.25) is 0 Å². The van der Waals surface area contributed by atoms with Gasteiger partial charge in [0.05, 0.1) is 17.1 Å². The number of hydrogen-bond acceptors (Lipinski definition) is 3. The third-order valence-corrected chi connectivity index (χ3v) is 2.35. The number of anilines is 1. The van der Waals surface area contributed by atoms with Gasteiger partial charge in [0.1, 0.15) is 5.75 Å². The predicted molar refractivity (Wildman–Crippen MR) is 67.9 cm³/mol. The molecule has 82 valence electrons. The summed E-state index contributed by atoms with van der Waals surface area (Å²) in [6.07, 6.45) is 0.666. The van der Waals surface area contributed by atoms with Crippen molar-refractivity contribution in [2.24, 2.45) is 5.73 Å². The second kappa shape index (κ2) is 5.78.